The molecule has 7 heteroatoms. The molecular formula is C15H22ClN5O. The quantitative estimate of drug-likeness (QED) is 0.904. The largest absolute Gasteiger partial charge is 0.317 e. The number of hydrogen-bond donors (Lipinski definition) is 2. The summed E-state index contributed by atoms with van der Waals surface area (Å²) in [7, 11) is 0. The van der Waals surface area contributed by atoms with E-state index in [0.717, 1.165) is 31.6 Å². The number of fused-ring (bicyclic) bond motifs is 1. The van der Waals surface area contributed by atoms with E-state index in [1.807, 2.05) is 6.07 Å². The monoisotopic (exact) mass is 323 g/mol. The number of piperidine rings is 1. The van der Waals surface area contributed by atoms with Gasteiger partial charge in [-0.2, -0.15) is 9.61 Å². The molecule has 1 aliphatic heterocycles. The molecule has 6 nitrogen and oxygen atoms in total. The topological polar surface area (TPSA) is 71.3 Å². The molecule has 120 valence electrons. The zero-order valence-electron chi connectivity index (χ0n) is 12.7. The van der Waals surface area contributed by atoms with Crippen LogP contribution in [0.3, 0.4) is 0 Å². The van der Waals surface area contributed by atoms with Crippen molar-refractivity contribution in [1.82, 2.24) is 19.9 Å². The van der Waals surface area contributed by atoms with E-state index in [-0.39, 0.29) is 18.3 Å². The molecule has 1 amide bonds. The van der Waals surface area contributed by atoms with Gasteiger partial charge < -0.3 is 10.6 Å². The molecule has 22 heavy (non-hydrogen) atoms. The minimum absolute atomic E-state index is 0. The van der Waals surface area contributed by atoms with E-state index in [9.17, 15) is 4.79 Å². The standard InChI is InChI=1S/C15H21N5O.ClH/c1-11(12-2-6-16-7-3-12)10-15(21)19-14-4-8-17-13-5-9-18-20(13)14;/h4-5,8-9,11-12,16H,2-3,6-7,10H2,1H3,(H,19,21);1H. The van der Waals surface area contributed by atoms with Crippen LogP contribution in [-0.2, 0) is 4.79 Å². The van der Waals surface area contributed by atoms with Gasteiger partial charge in [0.15, 0.2) is 5.65 Å². The summed E-state index contributed by atoms with van der Waals surface area (Å²) in [6.07, 6.45) is 6.23. The van der Waals surface area contributed by atoms with Gasteiger partial charge in [0.25, 0.3) is 0 Å². The Morgan fingerprint density at radius 1 is 1.41 bits per heavy atom. The van der Waals surface area contributed by atoms with E-state index in [4.69, 9.17) is 0 Å². The predicted octanol–water partition coefficient (Wildman–Crippen LogP) is 2.12. The van der Waals surface area contributed by atoms with Crippen molar-refractivity contribution in [3.63, 3.8) is 0 Å². The van der Waals surface area contributed by atoms with Crippen molar-refractivity contribution >= 4 is 29.8 Å². The van der Waals surface area contributed by atoms with E-state index in [0.29, 0.717) is 24.1 Å². The summed E-state index contributed by atoms with van der Waals surface area (Å²) in [5, 5.41) is 10.5. The van der Waals surface area contributed by atoms with Gasteiger partial charge in [0.05, 0.1) is 6.20 Å². The van der Waals surface area contributed by atoms with Crippen molar-refractivity contribution in [2.45, 2.75) is 26.2 Å². The van der Waals surface area contributed by atoms with Crippen LogP contribution in [0.5, 0.6) is 0 Å². The first-order valence-electron chi connectivity index (χ1n) is 7.53. The summed E-state index contributed by atoms with van der Waals surface area (Å²) < 4.78 is 1.65. The second-order valence-electron chi connectivity index (χ2n) is 5.75. The van der Waals surface area contributed by atoms with Crippen LogP contribution in [-0.4, -0.2) is 33.6 Å². The number of rotatable bonds is 4. The normalized spacial score (nSPS) is 17.0. The molecular weight excluding hydrogens is 302 g/mol. The Balaban J connectivity index is 0.00000176. The number of anilines is 1. The zero-order valence-corrected chi connectivity index (χ0v) is 13.5. The average Bonchev–Trinajstić information content (AvgIpc) is 2.97. The van der Waals surface area contributed by atoms with Crippen LogP contribution in [0, 0.1) is 11.8 Å². The van der Waals surface area contributed by atoms with Crippen molar-refractivity contribution < 1.29 is 4.79 Å². The molecule has 2 N–H and O–H groups in total. The van der Waals surface area contributed by atoms with Crippen LogP contribution in [0.2, 0.25) is 0 Å². The maximum absolute atomic E-state index is 12.2. The van der Waals surface area contributed by atoms with Gasteiger partial charge >= 0.3 is 0 Å². The van der Waals surface area contributed by atoms with Crippen molar-refractivity contribution in [3.8, 4) is 0 Å². The summed E-state index contributed by atoms with van der Waals surface area (Å²) in [6, 6.07) is 3.58. The van der Waals surface area contributed by atoms with Gasteiger partial charge in [-0.1, -0.05) is 6.92 Å². The predicted molar refractivity (Wildman–Crippen MR) is 88.2 cm³/mol. The Morgan fingerprint density at radius 2 is 2.18 bits per heavy atom. The van der Waals surface area contributed by atoms with Crippen molar-refractivity contribution in [1.29, 1.82) is 0 Å². The molecule has 3 heterocycles. The lowest BCUT2D eigenvalue weighted by Crippen LogP contribution is -2.32. The van der Waals surface area contributed by atoms with Crippen molar-refractivity contribution in [3.05, 3.63) is 24.5 Å². The molecule has 1 aliphatic rings. The fraction of sp³-hybridized carbons (Fsp3) is 0.533. The Bertz CT molecular complexity index is 623. The SMILES string of the molecule is CC(CC(=O)Nc1ccnc2ccnn12)C1CCNCC1.Cl. The highest BCUT2D eigenvalue weighted by atomic mass is 35.5. The summed E-state index contributed by atoms with van der Waals surface area (Å²) >= 11 is 0. The molecule has 0 aliphatic carbocycles. The third-order valence-electron chi connectivity index (χ3n) is 4.25. The molecule has 0 saturated carbocycles. The van der Waals surface area contributed by atoms with Crippen molar-refractivity contribution in [2.75, 3.05) is 18.4 Å². The molecule has 1 fully saturated rings. The number of nitrogens with zero attached hydrogens (tertiary/aromatic N) is 3. The maximum Gasteiger partial charge on any atom is 0.225 e. The first kappa shape index (κ1) is 16.7. The molecule has 2 aromatic heterocycles. The second kappa shape index (κ2) is 7.56. The highest BCUT2D eigenvalue weighted by Gasteiger charge is 2.22. The molecule has 1 unspecified atom stereocenters. The smallest absolute Gasteiger partial charge is 0.225 e. The maximum atomic E-state index is 12.2. The third-order valence-corrected chi connectivity index (χ3v) is 4.25. The summed E-state index contributed by atoms with van der Waals surface area (Å²) in [5.41, 5.74) is 0.735. The van der Waals surface area contributed by atoms with Crippen LogP contribution in [0.15, 0.2) is 24.5 Å². The summed E-state index contributed by atoms with van der Waals surface area (Å²) in [4.78, 5) is 16.4. The highest BCUT2D eigenvalue weighted by molar-refractivity contribution is 5.90. The van der Waals surface area contributed by atoms with Gasteiger partial charge in [0.1, 0.15) is 5.82 Å². The Hall–Kier alpha value is -1.66. The minimum atomic E-state index is 0. The number of amides is 1. The molecule has 0 radical (unpaired) electrons. The van der Waals surface area contributed by atoms with Gasteiger partial charge in [-0.25, -0.2) is 4.98 Å². The number of halogens is 1. The fourth-order valence-electron chi connectivity index (χ4n) is 3.00. The number of nitrogens with one attached hydrogen (secondary N) is 2. The van der Waals surface area contributed by atoms with Gasteiger partial charge in [0.2, 0.25) is 5.91 Å². The first-order chi connectivity index (χ1) is 10.2. The van der Waals surface area contributed by atoms with Gasteiger partial charge in [-0.3, -0.25) is 4.79 Å². The number of carbonyl (C=O) groups is 1. The van der Waals surface area contributed by atoms with E-state index >= 15 is 0 Å². The van der Waals surface area contributed by atoms with Crippen LogP contribution in [0.25, 0.3) is 5.65 Å². The Morgan fingerprint density at radius 3 is 2.95 bits per heavy atom. The number of aromatic nitrogens is 3. The molecule has 2 aromatic rings. The molecule has 1 atom stereocenters. The summed E-state index contributed by atoms with van der Waals surface area (Å²) in [6.45, 7) is 4.30. The number of carbonyl (C=O) groups excluding carboxylic acids is 1. The van der Waals surface area contributed by atoms with E-state index < -0.39 is 0 Å². The van der Waals surface area contributed by atoms with Crippen LogP contribution < -0.4 is 10.6 Å². The third kappa shape index (κ3) is 3.75. The van der Waals surface area contributed by atoms with Gasteiger partial charge in [0, 0.05) is 18.7 Å². The summed E-state index contributed by atoms with van der Waals surface area (Å²) in [5.74, 6) is 1.76. The Labute approximate surface area is 136 Å². The van der Waals surface area contributed by atoms with Crippen LogP contribution in [0.4, 0.5) is 5.82 Å². The average molecular weight is 324 g/mol. The van der Waals surface area contributed by atoms with Crippen LogP contribution in [0.1, 0.15) is 26.2 Å². The molecule has 0 spiro atoms. The Kier molecular flexibility index (Phi) is 5.74. The van der Waals surface area contributed by atoms with Gasteiger partial charge in [-0.15, -0.1) is 12.4 Å². The van der Waals surface area contributed by atoms with Crippen molar-refractivity contribution in [2.24, 2.45) is 11.8 Å². The first-order valence-corrected chi connectivity index (χ1v) is 7.53. The number of hydrogen-bond acceptors (Lipinski definition) is 4. The molecule has 0 aromatic carbocycles. The second-order valence-corrected chi connectivity index (χ2v) is 5.75. The lowest BCUT2D eigenvalue weighted by atomic mass is 9.84. The molecule has 0 bridgehead atoms. The van der Waals surface area contributed by atoms with E-state index in [1.165, 1.54) is 0 Å². The fourth-order valence-corrected chi connectivity index (χ4v) is 3.00. The lowest BCUT2D eigenvalue weighted by molar-refractivity contribution is -0.117. The lowest BCUT2D eigenvalue weighted by Gasteiger charge is -2.27. The minimum Gasteiger partial charge on any atom is -0.317 e. The highest BCUT2D eigenvalue weighted by Crippen LogP contribution is 2.24. The van der Waals surface area contributed by atoms with Gasteiger partial charge in [-0.05, 0) is 43.8 Å². The van der Waals surface area contributed by atoms with Crippen LogP contribution >= 0.6 is 12.4 Å². The molecule has 3 rings (SSSR count). The van der Waals surface area contributed by atoms with E-state index in [1.54, 1.807) is 23.0 Å². The molecule has 1 saturated heterocycles. The van der Waals surface area contributed by atoms with E-state index in [2.05, 4.69) is 27.6 Å². The zero-order chi connectivity index (χ0) is 14.7.